The average molecular weight is 291 g/mol. The minimum Gasteiger partial charge on any atom is -0.494 e. The fourth-order valence-corrected chi connectivity index (χ4v) is 2.41. The van der Waals surface area contributed by atoms with Crippen molar-refractivity contribution in [2.75, 3.05) is 13.2 Å². The zero-order valence-corrected chi connectivity index (χ0v) is 12.6. The first-order chi connectivity index (χ1) is 9.93. The molecule has 1 aromatic rings. The number of rotatable bonds is 5. The summed E-state index contributed by atoms with van der Waals surface area (Å²) in [6.07, 6.45) is 0. The summed E-state index contributed by atoms with van der Waals surface area (Å²) in [7, 11) is 0. The van der Waals surface area contributed by atoms with Crippen molar-refractivity contribution in [3.63, 3.8) is 0 Å². The first-order valence-corrected chi connectivity index (χ1v) is 7.03. The molecule has 0 saturated carbocycles. The van der Waals surface area contributed by atoms with Gasteiger partial charge in [0.25, 0.3) is 5.91 Å². The quantitative estimate of drug-likeness (QED) is 0.798. The molecule has 1 fully saturated rings. The number of ether oxygens (including phenoxy) is 1. The molecule has 0 bridgehead atoms. The number of nitrogens with one attached hydrogen (secondary N) is 1. The van der Waals surface area contributed by atoms with Gasteiger partial charge in [0.1, 0.15) is 11.3 Å². The number of carbonyl (C=O) groups is 2. The zero-order valence-electron chi connectivity index (χ0n) is 12.6. The van der Waals surface area contributed by atoms with Crippen LogP contribution in [0.5, 0.6) is 5.75 Å². The van der Waals surface area contributed by atoms with Crippen LogP contribution >= 0.6 is 0 Å². The molecule has 1 heterocycles. The van der Waals surface area contributed by atoms with E-state index in [0.29, 0.717) is 6.61 Å². The van der Waals surface area contributed by atoms with Crippen LogP contribution in [0.1, 0.15) is 26.3 Å². The van der Waals surface area contributed by atoms with Crippen LogP contribution in [0.4, 0.5) is 4.79 Å². The molecule has 2 atom stereocenters. The van der Waals surface area contributed by atoms with Crippen LogP contribution in [0.3, 0.4) is 0 Å². The van der Waals surface area contributed by atoms with Gasteiger partial charge in [-0.05, 0) is 38.5 Å². The van der Waals surface area contributed by atoms with Gasteiger partial charge < -0.3 is 15.8 Å². The van der Waals surface area contributed by atoms with Crippen molar-refractivity contribution in [1.82, 2.24) is 10.2 Å². The lowest BCUT2D eigenvalue weighted by atomic mass is 9.92. The normalized spacial score (nSPS) is 23.1. The van der Waals surface area contributed by atoms with E-state index in [9.17, 15) is 9.59 Å². The van der Waals surface area contributed by atoms with Gasteiger partial charge in [-0.1, -0.05) is 12.1 Å². The molecule has 0 radical (unpaired) electrons. The van der Waals surface area contributed by atoms with Crippen LogP contribution in [0.25, 0.3) is 0 Å². The highest BCUT2D eigenvalue weighted by atomic mass is 16.5. The lowest BCUT2D eigenvalue weighted by Crippen LogP contribution is -2.44. The third-order valence-corrected chi connectivity index (χ3v) is 3.75. The SMILES string of the molecule is CCOc1ccc(C2(C)NC(=O)N(C(C)CN)C2=O)cc1. The second kappa shape index (κ2) is 5.73. The smallest absolute Gasteiger partial charge is 0.325 e. The zero-order chi connectivity index (χ0) is 15.6. The first-order valence-electron chi connectivity index (χ1n) is 7.03. The molecule has 2 rings (SSSR count). The summed E-state index contributed by atoms with van der Waals surface area (Å²) in [6, 6.07) is 6.42. The summed E-state index contributed by atoms with van der Waals surface area (Å²) in [5.41, 5.74) is 5.22. The molecule has 1 aliphatic heterocycles. The Morgan fingerprint density at radius 3 is 2.48 bits per heavy atom. The number of hydrogen-bond acceptors (Lipinski definition) is 4. The molecule has 1 saturated heterocycles. The largest absolute Gasteiger partial charge is 0.494 e. The summed E-state index contributed by atoms with van der Waals surface area (Å²) in [4.78, 5) is 25.9. The van der Waals surface area contributed by atoms with Crippen LogP contribution in [-0.2, 0) is 10.3 Å². The molecule has 6 heteroatoms. The molecule has 21 heavy (non-hydrogen) atoms. The van der Waals surface area contributed by atoms with E-state index in [1.807, 2.05) is 6.92 Å². The Bertz CT molecular complexity index is 544. The maximum Gasteiger partial charge on any atom is 0.325 e. The Hall–Kier alpha value is -2.08. The maximum atomic E-state index is 12.6. The Kier molecular flexibility index (Phi) is 4.18. The number of nitrogens with two attached hydrogens (primary N) is 1. The highest BCUT2D eigenvalue weighted by molar-refractivity contribution is 6.07. The number of nitrogens with zero attached hydrogens (tertiary/aromatic N) is 1. The number of urea groups is 1. The van der Waals surface area contributed by atoms with Gasteiger partial charge in [0.15, 0.2) is 0 Å². The van der Waals surface area contributed by atoms with E-state index < -0.39 is 11.6 Å². The minimum absolute atomic E-state index is 0.235. The Labute approximate surface area is 124 Å². The third kappa shape index (κ3) is 2.58. The van der Waals surface area contributed by atoms with Gasteiger partial charge in [-0.3, -0.25) is 9.69 Å². The van der Waals surface area contributed by atoms with Crippen LogP contribution in [0.15, 0.2) is 24.3 Å². The van der Waals surface area contributed by atoms with Gasteiger partial charge in [0.2, 0.25) is 0 Å². The molecule has 0 aromatic heterocycles. The summed E-state index contributed by atoms with van der Waals surface area (Å²) < 4.78 is 5.38. The van der Waals surface area contributed by atoms with Crippen LogP contribution in [0, 0.1) is 0 Å². The van der Waals surface area contributed by atoms with E-state index >= 15 is 0 Å². The number of amides is 3. The van der Waals surface area contributed by atoms with Gasteiger partial charge in [-0.2, -0.15) is 0 Å². The molecule has 1 aliphatic rings. The van der Waals surface area contributed by atoms with Crippen molar-refractivity contribution in [3.8, 4) is 5.75 Å². The summed E-state index contributed by atoms with van der Waals surface area (Å²) >= 11 is 0. The predicted octanol–water partition coefficient (Wildman–Crippen LogP) is 1.20. The molecular formula is C15H21N3O3. The molecule has 0 spiro atoms. The predicted molar refractivity (Wildman–Crippen MR) is 78.9 cm³/mol. The van der Waals surface area contributed by atoms with E-state index in [4.69, 9.17) is 10.5 Å². The molecular weight excluding hydrogens is 270 g/mol. The van der Waals surface area contributed by atoms with Gasteiger partial charge in [0, 0.05) is 6.54 Å². The number of benzene rings is 1. The van der Waals surface area contributed by atoms with E-state index in [0.717, 1.165) is 11.3 Å². The van der Waals surface area contributed by atoms with Crippen molar-refractivity contribution < 1.29 is 14.3 Å². The summed E-state index contributed by atoms with van der Waals surface area (Å²) in [5, 5.41) is 2.75. The van der Waals surface area contributed by atoms with Gasteiger partial charge in [-0.25, -0.2) is 4.79 Å². The second-order valence-corrected chi connectivity index (χ2v) is 5.27. The van der Waals surface area contributed by atoms with E-state index in [-0.39, 0.29) is 18.5 Å². The lowest BCUT2D eigenvalue weighted by Gasteiger charge is -2.24. The third-order valence-electron chi connectivity index (χ3n) is 3.75. The number of hydrogen-bond donors (Lipinski definition) is 2. The molecule has 2 unspecified atom stereocenters. The molecule has 6 nitrogen and oxygen atoms in total. The Balaban J connectivity index is 2.30. The highest BCUT2D eigenvalue weighted by Gasteiger charge is 2.50. The lowest BCUT2D eigenvalue weighted by molar-refractivity contribution is -0.132. The van der Waals surface area contributed by atoms with Crippen molar-refractivity contribution in [3.05, 3.63) is 29.8 Å². The fraction of sp³-hybridized carbons (Fsp3) is 0.467. The number of imide groups is 1. The van der Waals surface area contributed by atoms with Crippen molar-refractivity contribution in [1.29, 1.82) is 0 Å². The molecule has 3 amide bonds. The molecule has 1 aromatic carbocycles. The fourth-order valence-electron chi connectivity index (χ4n) is 2.41. The van der Waals surface area contributed by atoms with E-state index in [1.54, 1.807) is 38.1 Å². The van der Waals surface area contributed by atoms with Gasteiger partial charge in [-0.15, -0.1) is 0 Å². The van der Waals surface area contributed by atoms with Gasteiger partial charge >= 0.3 is 6.03 Å². The summed E-state index contributed by atoms with van der Waals surface area (Å²) in [6.45, 7) is 6.17. The topological polar surface area (TPSA) is 84.7 Å². The maximum absolute atomic E-state index is 12.6. The van der Waals surface area contributed by atoms with Crippen LogP contribution in [0.2, 0.25) is 0 Å². The minimum atomic E-state index is -1.06. The molecule has 114 valence electrons. The number of carbonyl (C=O) groups excluding carboxylic acids is 2. The van der Waals surface area contributed by atoms with Crippen molar-refractivity contribution in [2.45, 2.75) is 32.4 Å². The van der Waals surface area contributed by atoms with Crippen molar-refractivity contribution in [2.24, 2.45) is 5.73 Å². The highest BCUT2D eigenvalue weighted by Crippen LogP contribution is 2.30. The standard InChI is InChI=1S/C15H21N3O3/c1-4-21-12-7-5-11(6-8-12)15(3)13(19)18(10(2)9-16)14(20)17-15/h5-8,10H,4,9,16H2,1-3H3,(H,17,20). The first kappa shape index (κ1) is 15.3. The van der Waals surface area contributed by atoms with Crippen LogP contribution in [-0.4, -0.2) is 36.0 Å². The van der Waals surface area contributed by atoms with E-state index in [2.05, 4.69) is 5.32 Å². The molecule has 3 N–H and O–H groups in total. The second-order valence-electron chi connectivity index (χ2n) is 5.27. The van der Waals surface area contributed by atoms with E-state index in [1.165, 1.54) is 4.90 Å². The van der Waals surface area contributed by atoms with Gasteiger partial charge in [0.05, 0.1) is 12.6 Å². The molecule has 0 aliphatic carbocycles. The van der Waals surface area contributed by atoms with Crippen LogP contribution < -0.4 is 15.8 Å². The summed E-state index contributed by atoms with van der Waals surface area (Å²) in [5.74, 6) is 0.448. The Morgan fingerprint density at radius 1 is 1.33 bits per heavy atom. The monoisotopic (exact) mass is 291 g/mol. The van der Waals surface area contributed by atoms with Crippen molar-refractivity contribution >= 4 is 11.9 Å². The average Bonchev–Trinajstić information content (AvgIpc) is 2.70. The Morgan fingerprint density at radius 2 is 1.95 bits per heavy atom.